The van der Waals surface area contributed by atoms with Crippen molar-refractivity contribution in [3.05, 3.63) is 76.9 Å². The van der Waals surface area contributed by atoms with E-state index < -0.39 is 17.4 Å². The second kappa shape index (κ2) is 11.8. The van der Waals surface area contributed by atoms with E-state index in [1.807, 2.05) is 26.0 Å². The third-order valence-corrected chi connectivity index (χ3v) is 6.49. The highest BCUT2D eigenvalue weighted by Crippen LogP contribution is 2.32. The number of ether oxygens (including phenoxy) is 2. The molecule has 0 saturated carbocycles. The summed E-state index contributed by atoms with van der Waals surface area (Å²) in [5.41, 5.74) is 2.35. The van der Waals surface area contributed by atoms with Crippen molar-refractivity contribution in [2.45, 2.75) is 25.8 Å². The Kier molecular flexibility index (Phi) is 8.30. The number of hydrogen-bond acceptors (Lipinski definition) is 8. The van der Waals surface area contributed by atoms with Crippen molar-refractivity contribution in [3.8, 4) is 22.8 Å². The van der Waals surface area contributed by atoms with E-state index >= 15 is 0 Å². The minimum absolute atomic E-state index is 0.260. The smallest absolute Gasteiger partial charge is 0.313 e. The average molecular weight is 549 g/mol. The quantitative estimate of drug-likeness (QED) is 0.257. The van der Waals surface area contributed by atoms with Crippen LogP contribution in [0.5, 0.6) is 11.5 Å². The topological polar surface area (TPSA) is 132 Å². The molecule has 2 aromatic heterocycles. The third-order valence-electron chi connectivity index (χ3n) is 5.76. The van der Waals surface area contributed by atoms with Gasteiger partial charge in [0.1, 0.15) is 11.5 Å². The molecule has 0 aliphatic carbocycles. The summed E-state index contributed by atoms with van der Waals surface area (Å²) in [6.45, 7) is 3.65. The van der Waals surface area contributed by atoms with Crippen molar-refractivity contribution < 1.29 is 28.3 Å². The van der Waals surface area contributed by atoms with Gasteiger partial charge in [-0.2, -0.15) is 0 Å². The number of rotatable bonds is 9. The van der Waals surface area contributed by atoms with Crippen molar-refractivity contribution in [3.63, 3.8) is 0 Å². The maximum Gasteiger partial charge on any atom is 0.313 e. The summed E-state index contributed by atoms with van der Waals surface area (Å²) in [4.78, 5) is 41.7. The van der Waals surface area contributed by atoms with Gasteiger partial charge in [0, 0.05) is 33.7 Å². The first-order chi connectivity index (χ1) is 18.7. The Bertz CT molecular complexity index is 1460. The maximum atomic E-state index is 12.7. The molecular weight excluding hydrogens is 520 g/mol. The fraction of sp³-hybridized carbons (Fsp3) is 0.214. The van der Waals surface area contributed by atoms with Crippen molar-refractivity contribution in [2.75, 3.05) is 24.9 Å². The van der Waals surface area contributed by atoms with Crippen LogP contribution in [0, 0.1) is 0 Å². The van der Waals surface area contributed by atoms with Crippen molar-refractivity contribution in [2.24, 2.45) is 0 Å². The van der Waals surface area contributed by atoms with Gasteiger partial charge in [0.15, 0.2) is 12.2 Å². The number of anilines is 2. The lowest BCUT2D eigenvalue weighted by molar-refractivity contribution is -0.137. The number of amides is 3. The number of benzene rings is 2. The van der Waals surface area contributed by atoms with Crippen LogP contribution in [0.15, 0.2) is 70.2 Å². The van der Waals surface area contributed by atoms with E-state index in [9.17, 15) is 14.4 Å². The largest absolute Gasteiger partial charge is 0.496 e. The third kappa shape index (κ3) is 6.82. The molecule has 202 valence electrons. The van der Waals surface area contributed by atoms with Crippen LogP contribution in [0.1, 0.15) is 29.8 Å². The molecule has 0 aliphatic heterocycles. The van der Waals surface area contributed by atoms with Gasteiger partial charge in [-0.1, -0.05) is 12.1 Å². The summed E-state index contributed by atoms with van der Waals surface area (Å²) in [5, 5.41) is 11.7. The van der Waals surface area contributed by atoms with Crippen LogP contribution in [0.3, 0.4) is 0 Å². The molecule has 0 radical (unpaired) electrons. The van der Waals surface area contributed by atoms with Crippen LogP contribution in [0.25, 0.3) is 11.3 Å². The van der Waals surface area contributed by atoms with Crippen LogP contribution in [-0.4, -0.2) is 42.5 Å². The summed E-state index contributed by atoms with van der Waals surface area (Å²) in [7, 11) is 3.02. The molecule has 11 heteroatoms. The van der Waals surface area contributed by atoms with Crippen molar-refractivity contribution in [1.29, 1.82) is 0 Å². The Morgan fingerprint density at radius 1 is 0.923 bits per heavy atom. The average Bonchev–Trinajstić information content (AvgIpc) is 3.61. The number of nitrogens with one attached hydrogen (secondary N) is 3. The van der Waals surface area contributed by atoms with Gasteiger partial charge in [0.2, 0.25) is 0 Å². The van der Waals surface area contributed by atoms with Gasteiger partial charge in [-0.15, -0.1) is 11.3 Å². The van der Waals surface area contributed by atoms with Crippen LogP contribution in [0.4, 0.5) is 11.4 Å². The van der Waals surface area contributed by atoms with Gasteiger partial charge >= 0.3 is 11.8 Å². The molecule has 2 heterocycles. The highest BCUT2D eigenvalue weighted by molar-refractivity contribution is 7.08. The normalized spacial score (nSPS) is 11.0. The van der Waals surface area contributed by atoms with Crippen LogP contribution >= 0.6 is 11.3 Å². The van der Waals surface area contributed by atoms with E-state index in [4.69, 9.17) is 13.9 Å². The fourth-order valence-corrected chi connectivity index (χ4v) is 4.72. The molecule has 0 bridgehead atoms. The lowest BCUT2D eigenvalue weighted by Gasteiger charge is -2.26. The van der Waals surface area contributed by atoms with Gasteiger partial charge in [0.25, 0.3) is 5.91 Å². The van der Waals surface area contributed by atoms with Crippen LogP contribution in [-0.2, 0) is 16.0 Å². The maximum absolute atomic E-state index is 12.7. The van der Waals surface area contributed by atoms with Gasteiger partial charge in [-0.05, 0) is 50.1 Å². The first-order valence-corrected chi connectivity index (χ1v) is 12.8. The number of methoxy groups -OCH3 is 2. The summed E-state index contributed by atoms with van der Waals surface area (Å²) in [5.74, 6) is -0.337. The standard InChI is InChI=1S/C28H28N4O6S/c1-28(2,12-17-5-7-18(8-6-17)30-25(33)21-14-39-15-24(21)37-4)32-27(35)26(34)31-19-9-10-20(22(11-19)36-3)23-13-29-16-38-23/h5-11,13-16H,12H2,1-4H3,(H,30,33)(H,31,34)(H,32,35). The Morgan fingerprint density at radius 3 is 2.31 bits per heavy atom. The number of hydrogen-bond donors (Lipinski definition) is 3. The summed E-state index contributed by atoms with van der Waals surface area (Å²) >= 11 is 1.39. The number of aromatic nitrogens is 1. The monoisotopic (exact) mass is 548 g/mol. The minimum Gasteiger partial charge on any atom is -0.496 e. The number of nitrogens with zero attached hydrogens (tertiary/aromatic N) is 1. The van der Waals surface area contributed by atoms with Crippen molar-refractivity contribution >= 4 is 40.4 Å². The second-order valence-electron chi connectivity index (χ2n) is 9.25. The second-order valence-corrected chi connectivity index (χ2v) is 10.00. The first kappa shape index (κ1) is 27.4. The predicted molar refractivity (Wildman–Crippen MR) is 148 cm³/mol. The Hall–Kier alpha value is -4.64. The van der Waals surface area contributed by atoms with Crippen LogP contribution in [0.2, 0.25) is 0 Å². The molecule has 2 aromatic carbocycles. The number of carbonyl (C=O) groups excluding carboxylic acids is 3. The molecule has 3 N–H and O–H groups in total. The zero-order valence-corrected chi connectivity index (χ0v) is 22.7. The zero-order valence-electron chi connectivity index (χ0n) is 21.9. The number of carbonyl (C=O) groups is 3. The minimum atomic E-state index is -0.806. The number of oxazole rings is 1. The SMILES string of the molecule is COc1cscc1C(=O)Nc1ccc(CC(C)(C)NC(=O)C(=O)Nc2ccc(-c3cnco3)c(OC)c2)cc1. The number of thiophene rings is 1. The lowest BCUT2D eigenvalue weighted by Crippen LogP contribution is -2.49. The Labute approximate surface area is 229 Å². The van der Waals surface area contributed by atoms with Gasteiger partial charge in [-0.3, -0.25) is 14.4 Å². The summed E-state index contributed by atoms with van der Waals surface area (Å²) in [6, 6.07) is 12.2. The Balaban J connectivity index is 1.33. The summed E-state index contributed by atoms with van der Waals surface area (Å²) < 4.78 is 15.9. The molecule has 0 atom stereocenters. The van der Waals surface area contributed by atoms with E-state index in [-0.39, 0.29) is 5.91 Å². The van der Waals surface area contributed by atoms with Crippen molar-refractivity contribution in [1.82, 2.24) is 10.3 Å². The summed E-state index contributed by atoms with van der Waals surface area (Å²) in [6.07, 6.45) is 3.32. The van der Waals surface area contributed by atoms with Gasteiger partial charge < -0.3 is 29.8 Å². The molecule has 39 heavy (non-hydrogen) atoms. The first-order valence-electron chi connectivity index (χ1n) is 11.9. The van der Waals surface area contributed by atoms with Crippen LogP contribution < -0.4 is 25.4 Å². The molecule has 4 rings (SSSR count). The molecule has 0 fully saturated rings. The van der Waals surface area contributed by atoms with Gasteiger partial charge in [0.05, 0.1) is 31.5 Å². The molecule has 0 spiro atoms. The molecule has 10 nitrogen and oxygen atoms in total. The van der Waals surface area contributed by atoms with E-state index in [2.05, 4.69) is 20.9 Å². The highest BCUT2D eigenvalue weighted by atomic mass is 32.1. The van der Waals surface area contributed by atoms with E-state index in [1.165, 1.54) is 32.0 Å². The molecule has 0 saturated heterocycles. The van der Waals surface area contributed by atoms with E-state index in [0.29, 0.717) is 46.2 Å². The predicted octanol–water partition coefficient (Wildman–Crippen LogP) is 4.75. The van der Waals surface area contributed by atoms with Gasteiger partial charge in [-0.25, -0.2) is 4.98 Å². The van der Waals surface area contributed by atoms with E-state index in [1.54, 1.807) is 47.3 Å². The molecule has 0 unspecified atom stereocenters. The molecule has 3 amide bonds. The zero-order chi connectivity index (χ0) is 28.0. The lowest BCUT2D eigenvalue weighted by atomic mass is 9.94. The molecule has 4 aromatic rings. The highest BCUT2D eigenvalue weighted by Gasteiger charge is 2.25. The van der Waals surface area contributed by atoms with E-state index in [0.717, 1.165) is 5.56 Å². The molecule has 0 aliphatic rings. The molecular formula is C28H28N4O6S. The Morgan fingerprint density at radius 2 is 1.64 bits per heavy atom. The fourth-order valence-electron chi connectivity index (χ4n) is 3.94.